The molecule has 1 aromatic rings. The van der Waals surface area contributed by atoms with E-state index >= 15 is 0 Å². The van der Waals surface area contributed by atoms with Crippen molar-refractivity contribution in [2.75, 3.05) is 0 Å². The minimum absolute atomic E-state index is 0.201. The number of hydrogen-bond donors (Lipinski definition) is 1. The molecule has 1 atom stereocenters. The van der Waals surface area contributed by atoms with E-state index in [1.807, 2.05) is 0 Å². The summed E-state index contributed by atoms with van der Waals surface area (Å²) in [4.78, 5) is 23.6. The molecule has 0 spiro atoms. The van der Waals surface area contributed by atoms with E-state index < -0.39 is 0 Å². The molecule has 1 saturated carbocycles. The number of rotatable bonds is 3. The zero-order chi connectivity index (χ0) is 14.2. The average Bonchev–Trinajstić information content (AvgIpc) is 2.69. The fourth-order valence-corrected chi connectivity index (χ4v) is 2.87. The van der Waals surface area contributed by atoms with Crippen LogP contribution in [0.5, 0.6) is 0 Å². The molecular weight excluding hydrogens is 242 g/mol. The first kappa shape index (κ1) is 14.1. The van der Waals surface area contributed by atoms with Crippen LogP contribution >= 0.6 is 0 Å². The molecule has 0 aromatic carbocycles. The normalized spacial score (nSPS) is 21.8. The fraction of sp³-hybridized carbons (Fsp3) is 0.714. The van der Waals surface area contributed by atoms with Gasteiger partial charge in [0.15, 0.2) is 0 Å². The van der Waals surface area contributed by atoms with Crippen molar-refractivity contribution in [3.8, 4) is 0 Å². The van der Waals surface area contributed by atoms with Crippen molar-refractivity contribution in [1.29, 1.82) is 0 Å². The molecule has 5 nitrogen and oxygen atoms in total. The molecule has 1 unspecified atom stereocenters. The summed E-state index contributed by atoms with van der Waals surface area (Å²) in [6.45, 7) is 5.08. The van der Waals surface area contributed by atoms with Crippen LogP contribution in [-0.2, 0) is 20.6 Å². The highest BCUT2D eigenvalue weighted by atomic mass is 16.2. The monoisotopic (exact) mass is 265 g/mol. The van der Waals surface area contributed by atoms with Crippen molar-refractivity contribution >= 4 is 0 Å². The molecule has 1 aliphatic carbocycles. The standard InChI is InChI=1S/C14H23N3O2/c1-14(2)6-5-11(7-14)15-8-10-9-16(3)13(19)17(4)12(10)18/h9,11,15H,5-8H2,1-4H3. The van der Waals surface area contributed by atoms with E-state index in [1.54, 1.807) is 13.2 Å². The molecule has 1 aliphatic rings. The van der Waals surface area contributed by atoms with Crippen LogP contribution in [0.25, 0.3) is 0 Å². The highest BCUT2D eigenvalue weighted by Crippen LogP contribution is 2.36. The molecule has 5 heteroatoms. The highest BCUT2D eigenvalue weighted by molar-refractivity contribution is 5.05. The van der Waals surface area contributed by atoms with Gasteiger partial charge >= 0.3 is 5.69 Å². The summed E-state index contributed by atoms with van der Waals surface area (Å²) in [5.74, 6) is 0. The van der Waals surface area contributed by atoms with Crippen LogP contribution in [-0.4, -0.2) is 15.2 Å². The molecule has 1 heterocycles. The maximum absolute atomic E-state index is 12.0. The first-order valence-electron chi connectivity index (χ1n) is 6.79. The second-order valence-corrected chi connectivity index (χ2v) is 6.40. The maximum atomic E-state index is 12.0. The van der Waals surface area contributed by atoms with E-state index in [2.05, 4.69) is 19.2 Å². The van der Waals surface area contributed by atoms with Crippen LogP contribution in [0.4, 0.5) is 0 Å². The van der Waals surface area contributed by atoms with E-state index in [0.29, 0.717) is 23.6 Å². The first-order chi connectivity index (χ1) is 8.80. The molecule has 106 valence electrons. The van der Waals surface area contributed by atoms with Gasteiger partial charge in [0.25, 0.3) is 5.56 Å². The van der Waals surface area contributed by atoms with E-state index in [1.165, 1.54) is 18.0 Å². The summed E-state index contributed by atoms with van der Waals surface area (Å²) in [5.41, 5.74) is 0.560. The zero-order valence-electron chi connectivity index (χ0n) is 12.2. The smallest absolute Gasteiger partial charge is 0.310 e. The van der Waals surface area contributed by atoms with Crippen LogP contribution in [0.1, 0.15) is 38.7 Å². The molecule has 0 radical (unpaired) electrons. The molecule has 0 saturated heterocycles. The van der Waals surface area contributed by atoms with E-state index in [-0.39, 0.29) is 11.2 Å². The Bertz CT molecular complexity index is 583. The number of nitrogens with zero attached hydrogens (tertiary/aromatic N) is 2. The molecule has 1 aromatic heterocycles. The van der Waals surface area contributed by atoms with Gasteiger partial charge < -0.3 is 9.88 Å². The zero-order valence-corrected chi connectivity index (χ0v) is 12.2. The number of aromatic nitrogens is 2. The highest BCUT2D eigenvalue weighted by Gasteiger charge is 2.30. The van der Waals surface area contributed by atoms with E-state index in [4.69, 9.17) is 0 Å². The van der Waals surface area contributed by atoms with Gasteiger partial charge in [-0.3, -0.25) is 9.36 Å². The minimum atomic E-state index is -0.282. The van der Waals surface area contributed by atoms with Crippen molar-refractivity contribution in [3.63, 3.8) is 0 Å². The average molecular weight is 265 g/mol. The predicted molar refractivity (Wildman–Crippen MR) is 75.2 cm³/mol. The number of nitrogens with one attached hydrogen (secondary N) is 1. The third kappa shape index (κ3) is 2.97. The molecule has 0 amide bonds. The summed E-state index contributed by atoms with van der Waals surface area (Å²) in [5, 5.41) is 3.44. The summed E-state index contributed by atoms with van der Waals surface area (Å²) in [6, 6.07) is 0.469. The van der Waals surface area contributed by atoms with Gasteiger partial charge in [-0.15, -0.1) is 0 Å². The Morgan fingerprint density at radius 3 is 2.63 bits per heavy atom. The van der Waals surface area contributed by atoms with Gasteiger partial charge in [-0.05, 0) is 24.7 Å². The molecule has 0 aliphatic heterocycles. The Morgan fingerprint density at radius 2 is 2.05 bits per heavy atom. The molecule has 1 N–H and O–H groups in total. The van der Waals surface area contributed by atoms with Crippen LogP contribution in [0.3, 0.4) is 0 Å². The third-order valence-corrected chi connectivity index (χ3v) is 4.07. The number of hydrogen-bond acceptors (Lipinski definition) is 3. The van der Waals surface area contributed by atoms with E-state index in [9.17, 15) is 9.59 Å². The van der Waals surface area contributed by atoms with Gasteiger partial charge in [-0.2, -0.15) is 0 Å². The van der Waals surface area contributed by atoms with Gasteiger partial charge in [-0.25, -0.2) is 4.79 Å². The lowest BCUT2D eigenvalue weighted by Crippen LogP contribution is -2.40. The largest absolute Gasteiger partial charge is 0.330 e. The first-order valence-corrected chi connectivity index (χ1v) is 6.79. The lowest BCUT2D eigenvalue weighted by molar-refractivity contribution is 0.364. The van der Waals surface area contributed by atoms with Crippen LogP contribution in [0.15, 0.2) is 15.8 Å². The van der Waals surface area contributed by atoms with Crippen molar-refractivity contribution < 1.29 is 0 Å². The third-order valence-electron chi connectivity index (χ3n) is 4.07. The van der Waals surface area contributed by atoms with Crippen molar-refractivity contribution in [3.05, 3.63) is 32.6 Å². The second-order valence-electron chi connectivity index (χ2n) is 6.40. The van der Waals surface area contributed by atoms with Gasteiger partial charge in [0, 0.05) is 38.4 Å². The lowest BCUT2D eigenvalue weighted by atomic mass is 9.92. The van der Waals surface area contributed by atoms with Gasteiger partial charge in [0.2, 0.25) is 0 Å². The summed E-state index contributed by atoms with van der Waals surface area (Å²) < 4.78 is 2.62. The Kier molecular flexibility index (Phi) is 3.67. The van der Waals surface area contributed by atoms with Crippen LogP contribution in [0, 0.1) is 5.41 Å². The summed E-state index contributed by atoms with van der Waals surface area (Å²) in [6.07, 6.45) is 5.14. The maximum Gasteiger partial charge on any atom is 0.330 e. The predicted octanol–water partition coefficient (Wildman–Crippen LogP) is 0.752. The molecule has 19 heavy (non-hydrogen) atoms. The summed E-state index contributed by atoms with van der Waals surface area (Å²) >= 11 is 0. The second kappa shape index (κ2) is 4.96. The summed E-state index contributed by atoms with van der Waals surface area (Å²) in [7, 11) is 3.19. The quantitative estimate of drug-likeness (QED) is 0.877. The lowest BCUT2D eigenvalue weighted by Gasteiger charge is -2.18. The van der Waals surface area contributed by atoms with Crippen molar-refractivity contribution in [2.24, 2.45) is 19.5 Å². The fourth-order valence-electron chi connectivity index (χ4n) is 2.87. The van der Waals surface area contributed by atoms with Crippen LogP contribution in [0.2, 0.25) is 0 Å². The van der Waals surface area contributed by atoms with Gasteiger partial charge in [0.1, 0.15) is 0 Å². The van der Waals surface area contributed by atoms with Gasteiger partial charge in [0.05, 0.1) is 0 Å². The Morgan fingerprint density at radius 1 is 1.37 bits per heavy atom. The van der Waals surface area contributed by atoms with E-state index in [0.717, 1.165) is 17.4 Å². The van der Waals surface area contributed by atoms with Crippen LogP contribution < -0.4 is 16.6 Å². The number of aryl methyl sites for hydroxylation is 1. The molecular formula is C14H23N3O2. The Labute approximate surface area is 113 Å². The van der Waals surface area contributed by atoms with Crippen molar-refractivity contribution in [2.45, 2.75) is 45.7 Å². The van der Waals surface area contributed by atoms with Crippen molar-refractivity contribution in [1.82, 2.24) is 14.5 Å². The topological polar surface area (TPSA) is 56.0 Å². The van der Waals surface area contributed by atoms with Gasteiger partial charge in [-0.1, -0.05) is 13.8 Å². The SMILES string of the molecule is Cn1cc(CNC2CCC(C)(C)C2)c(=O)n(C)c1=O. The molecule has 1 fully saturated rings. The minimum Gasteiger partial charge on any atom is -0.310 e. The Hall–Kier alpha value is -1.36. The Balaban J connectivity index is 2.09. The molecule has 0 bridgehead atoms. The molecule has 2 rings (SSSR count).